The Hall–Kier alpha value is -2.61. The second-order valence-electron chi connectivity index (χ2n) is 5.56. The Morgan fingerprint density at radius 1 is 0.917 bits per heavy atom. The number of nitrogens with one attached hydrogen (secondary N) is 1. The SMILES string of the molecule is c1cnc(N2CCC(c3nccnc3Nc3nccs3)CC2)nc1. The lowest BCUT2D eigenvalue weighted by atomic mass is 9.93. The summed E-state index contributed by atoms with van der Waals surface area (Å²) in [6.07, 6.45) is 10.8. The van der Waals surface area contributed by atoms with Crippen molar-refractivity contribution in [1.82, 2.24) is 24.9 Å². The van der Waals surface area contributed by atoms with Gasteiger partial charge in [0, 0.05) is 55.4 Å². The molecule has 7 nitrogen and oxygen atoms in total. The van der Waals surface area contributed by atoms with E-state index in [2.05, 4.69) is 35.1 Å². The zero-order valence-electron chi connectivity index (χ0n) is 13.0. The minimum absolute atomic E-state index is 0.376. The van der Waals surface area contributed by atoms with Crippen molar-refractivity contribution >= 4 is 28.2 Å². The molecule has 0 unspecified atom stereocenters. The van der Waals surface area contributed by atoms with Crippen LogP contribution < -0.4 is 10.2 Å². The van der Waals surface area contributed by atoms with Crippen LogP contribution in [-0.2, 0) is 0 Å². The van der Waals surface area contributed by atoms with Gasteiger partial charge in [-0.1, -0.05) is 0 Å². The van der Waals surface area contributed by atoms with Crippen molar-refractivity contribution in [2.45, 2.75) is 18.8 Å². The van der Waals surface area contributed by atoms with Gasteiger partial charge in [0.05, 0.1) is 5.69 Å². The molecular formula is C16H17N7S. The highest BCUT2D eigenvalue weighted by atomic mass is 32.1. The van der Waals surface area contributed by atoms with Crippen molar-refractivity contribution in [2.75, 3.05) is 23.3 Å². The molecule has 0 aromatic carbocycles. The molecule has 1 aliphatic heterocycles. The number of hydrogen-bond acceptors (Lipinski definition) is 8. The maximum Gasteiger partial charge on any atom is 0.225 e. The van der Waals surface area contributed by atoms with Gasteiger partial charge in [-0.25, -0.2) is 19.9 Å². The van der Waals surface area contributed by atoms with Crippen LogP contribution in [0.3, 0.4) is 0 Å². The standard InChI is InChI=1S/C16H17N7S/c1-4-19-15(20-5-1)23-9-2-12(3-10-23)13-14(18-7-6-17-13)22-16-21-8-11-24-16/h1,4-8,11-12H,2-3,9-10H2,(H,18,21,22). The molecule has 122 valence electrons. The summed E-state index contributed by atoms with van der Waals surface area (Å²) in [5, 5.41) is 6.07. The summed E-state index contributed by atoms with van der Waals surface area (Å²) in [6.45, 7) is 1.84. The second-order valence-corrected chi connectivity index (χ2v) is 6.46. The van der Waals surface area contributed by atoms with Crippen molar-refractivity contribution in [3.63, 3.8) is 0 Å². The quantitative estimate of drug-likeness (QED) is 0.783. The third kappa shape index (κ3) is 3.18. The molecule has 0 bridgehead atoms. The van der Waals surface area contributed by atoms with E-state index in [9.17, 15) is 0 Å². The average molecular weight is 339 g/mol. The van der Waals surface area contributed by atoms with E-state index in [4.69, 9.17) is 0 Å². The Balaban J connectivity index is 1.48. The molecule has 1 fully saturated rings. The average Bonchev–Trinajstić information content (AvgIpc) is 3.16. The Morgan fingerprint density at radius 3 is 2.46 bits per heavy atom. The van der Waals surface area contributed by atoms with Gasteiger partial charge >= 0.3 is 0 Å². The number of hydrogen-bond donors (Lipinski definition) is 1. The second kappa shape index (κ2) is 6.88. The van der Waals surface area contributed by atoms with Crippen molar-refractivity contribution in [3.05, 3.63) is 48.1 Å². The minimum atomic E-state index is 0.376. The fraction of sp³-hybridized carbons (Fsp3) is 0.312. The van der Waals surface area contributed by atoms with Crippen molar-refractivity contribution in [2.24, 2.45) is 0 Å². The smallest absolute Gasteiger partial charge is 0.225 e. The van der Waals surface area contributed by atoms with Gasteiger partial charge in [-0.05, 0) is 18.9 Å². The van der Waals surface area contributed by atoms with E-state index >= 15 is 0 Å². The molecule has 3 aromatic heterocycles. The normalized spacial score (nSPS) is 15.4. The number of thiazole rings is 1. The number of rotatable bonds is 4. The molecular weight excluding hydrogens is 322 g/mol. The van der Waals surface area contributed by atoms with Crippen LogP contribution >= 0.6 is 11.3 Å². The first kappa shape index (κ1) is 14.9. The predicted molar refractivity (Wildman–Crippen MR) is 93.6 cm³/mol. The lowest BCUT2D eigenvalue weighted by Crippen LogP contribution is -2.34. The number of nitrogens with zero attached hydrogens (tertiary/aromatic N) is 6. The predicted octanol–water partition coefficient (Wildman–Crippen LogP) is 2.85. The zero-order valence-corrected chi connectivity index (χ0v) is 13.9. The lowest BCUT2D eigenvalue weighted by molar-refractivity contribution is 0.491. The van der Waals surface area contributed by atoms with Crippen molar-refractivity contribution < 1.29 is 0 Å². The van der Waals surface area contributed by atoms with Gasteiger partial charge in [-0.2, -0.15) is 0 Å². The molecule has 0 radical (unpaired) electrons. The van der Waals surface area contributed by atoms with Gasteiger partial charge in [0.1, 0.15) is 0 Å². The Labute approximate surface area is 143 Å². The summed E-state index contributed by atoms with van der Waals surface area (Å²) in [5.41, 5.74) is 1.02. The van der Waals surface area contributed by atoms with E-state index in [0.717, 1.165) is 48.5 Å². The summed E-state index contributed by atoms with van der Waals surface area (Å²) in [5.74, 6) is 1.99. The van der Waals surface area contributed by atoms with E-state index in [-0.39, 0.29) is 0 Å². The molecule has 4 rings (SSSR count). The van der Waals surface area contributed by atoms with E-state index in [1.165, 1.54) is 0 Å². The Kier molecular flexibility index (Phi) is 4.28. The molecule has 0 atom stereocenters. The summed E-state index contributed by atoms with van der Waals surface area (Å²) in [4.78, 5) is 24.2. The maximum atomic E-state index is 4.58. The third-order valence-corrected chi connectivity index (χ3v) is 4.79. The molecule has 24 heavy (non-hydrogen) atoms. The molecule has 1 aliphatic rings. The molecule has 0 aliphatic carbocycles. The molecule has 8 heteroatoms. The largest absolute Gasteiger partial charge is 0.341 e. The first-order valence-electron chi connectivity index (χ1n) is 7.89. The van der Waals surface area contributed by atoms with E-state index in [0.29, 0.717) is 5.92 Å². The van der Waals surface area contributed by atoms with Crippen LogP contribution in [0.25, 0.3) is 0 Å². The molecule has 3 aromatic rings. The fourth-order valence-corrected chi connectivity index (χ4v) is 3.47. The van der Waals surface area contributed by atoms with Crippen molar-refractivity contribution in [3.8, 4) is 0 Å². The maximum absolute atomic E-state index is 4.58. The van der Waals surface area contributed by atoms with E-state index in [1.54, 1.807) is 42.3 Å². The molecule has 4 heterocycles. The summed E-state index contributed by atoms with van der Waals surface area (Å²) in [7, 11) is 0. The minimum Gasteiger partial charge on any atom is -0.341 e. The Bertz CT molecular complexity index is 770. The van der Waals surface area contributed by atoms with Gasteiger partial charge in [-0.15, -0.1) is 11.3 Å². The zero-order chi connectivity index (χ0) is 16.2. The van der Waals surface area contributed by atoms with Crippen LogP contribution in [0.1, 0.15) is 24.5 Å². The van der Waals surface area contributed by atoms with Crippen LogP contribution in [0.4, 0.5) is 16.9 Å². The van der Waals surface area contributed by atoms with Gasteiger partial charge < -0.3 is 10.2 Å². The summed E-state index contributed by atoms with van der Waals surface area (Å²) >= 11 is 1.56. The number of anilines is 3. The third-order valence-electron chi connectivity index (χ3n) is 4.10. The molecule has 0 amide bonds. The number of aromatic nitrogens is 5. The van der Waals surface area contributed by atoms with Crippen LogP contribution in [0.5, 0.6) is 0 Å². The summed E-state index contributed by atoms with van der Waals surface area (Å²) in [6, 6.07) is 1.84. The van der Waals surface area contributed by atoms with Gasteiger partial charge in [-0.3, -0.25) is 4.98 Å². The fourth-order valence-electron chi connectivity index (χ4n) is 2.94. The van der Waals surface area contributed by atoms with Crippen LogP contribution in [-0.4, -0.2) is 38.0 Å². The van der Waals surface area contributed by atoms with E-state index < -0.39 is 0 Å². The van der Waals surface area contributed by atoms with Gasteiger partial charge in [0.2, 0.25) is 5.95 Å². The Morgan fingerprint density at radius 2 is 1.71 bits per heavy atom. The highest BCUT2D eigenvalue weighted by Gasteiger charge is 2.25. The number of piperidine rings is 1. The van der Waals surface area contributed by atoms with Gasteiger partial charge in [0.15, 0.2) is 10.9 Å². The molecule has 0 saturated carbocycles. The molecule has 1 saturated heterocycles. The highest BCUT2D eigenvalue weighted by Crippen LogP contribution is 2.32. The lowest BCUT2D eigenvalue weighted by Gasteiger charge is -2.32. The monoisotopic (exact) mass is 339 g/mol. The van der Waals surface area contributed by atoms with Gasteiger partial charge in [0.25, 0.3) is 0 Å². The molecule has 0 spiro atoms. The first-order valence-corrected chi connectivity index (χ1v) is 8.77. The topological polar surface area (TPSA) is 79.7 Å². The highest BCUT2D eigenvalue weighted by molar-refractivity contribution is 7.13. The summed E-state index contributed by atoms with van der Waals surface area (Å²) < 4.78 is 0. The van der Waals surface area contributed by atoms with Crippen LogP contribution in [0.2, 0.25) is 0 Å². The van der Waals surface area contributed by atoms with E-state index in [1.807, 2.05) is 11.4 Å². The molecule has 1 N–H and O–H groups in total. The van der Waals surface area contributed by atoms with Crippen LogP contribution in [0.15, 0.2) is 42.4 Å². The van der Waals surface area contributed by atoms with Crippen LogP contribution in [0, 0.1) is 0 Å². The van der Waals surface area contributed by atoms with Crippen molar-refractivity contribution in [1.29, 1.82) is 0 Å². The first-order chi connectivity index (χ1) is 11.9.